The summed E-state index contributed by atoms with van der Waals surface area (Å²) < 4.78 is 15.3. The lowest BCUT2D eigenvalue weighted by Crippen LogP contribution is -2.41. The largest absolute Gasteiger partial charge is 0.494 e. The second kappa shape index (κ2) is 7.46. The summed E-state index contributed by atoms with van der Waals surface area (Å²) in [7, 11) is -0.407. The third-order valence-corrected chi connectivity index (χ3v) is 8.20. The van der Waals surface area contributed by atoms with E-state index in [-0.39, 0.29) is 11.2 Å². The van der Waals surface area contributed by atoms with Crippen molar-refractivity contribution >= 4 is 55.9 Å². The minimum Gasteiger partial charge on any atom is -0.399 e. The molecule has 5 aromatic carbocycles. The fraction of sp³-hybridized carbons (Fsp3) is 0.188. The molecule has 0 amide bonds. The van der Waals surface area contributed by atoms with E-state index in [0.717, 1.165) is 16.7 Å². The Labute approximate surface area is 211 Å². The topological polar surface area (TPSA) is 23.4 Å². The number of fused-ring (bicyclic) bond motifs is 8. The minimum atomic E-state index is -0.407. The fourth-order valence-electron chi connectivity index (χ4n) is 5.66. The predicted octanol–water partition coefficient (Wildman–Crippen LogP) is 7.39. The van der Waals surface area contributed by atoms with Crippen molar-refractivity contribution in [1.82, 2.24) is 4.57 Å². The Balaban J connectivity index is 1.63. The van der Waals surface area contributed by atoms with Crippen LogP contribution in [-0.4, -0.2) is 22.9 Å². The molecular weight excluding hydrogens is 441 g/mol. The molecule has 1 aromatic heterocycles. The zero-order valence-electron chi connectivity index (χ0n) is 21.1. The van der Waals surface area contributed by atoms with Gasteiger partial charge in [0.2, 0.25) is 0 Å². The second-order valence-electron chi connectivity index (χ2n) is 10.9. The van der Waals surface area contributed by atoms with Gasteiger partial charge in [-0.05, 0) is 67.5 Å². The van der Waals surface area contributed by atoms with Crippen molar-refractivity contribution < 1.29 is 9.31 Å². The zero-order valence-corrected chi connectivity index (χ0v) is 21.1. The van der Waals surface area contributed by atoms with Crippen LogP contribution in [0.5, 0.6) is 0 Å². The van der Waals surface area contributed by atoms with E-state index in [1.807, 2.05) is 0 Å². The highest BCUT2D eigenvalue weighted by molar-refractivity contribution is 6.62. The molecule has 0 aliphatic carbocycles. The van der Waals surface area contributed by atoms with Gasteiger partial charge in [-0.15, -0.1) is 0 Å². The van der Waals surface area contributed by atoms with Crippen LogP contribution >= 0.6 is 0 Å². The highest BCUT2D eigenvalue weighted by Crippen LogP contribution is 2.42. The van der Waals surface area contributed by atoms with Crippen LogP contribution < -0.4 is 5.46 Å². The quantitative estimate of drug-likeness (QED) is 0.195. The van der Waals surface area contributed by atoms with Gasteiger partial charge < -0.3 is 13.9 Å². The lowest BCUT2D eigenvalue weighted by atomic mass is 9.78. The summed E-state index contributed by atoms with van der Waals surface area (Å²) >= 11 is 0. The van der Waals surface area contributed by atoms with Crippen LogP contribution in [0, 0.1) is 0 Å². The summed E-state index contributed by atoms with van der Waals surface area (Å²) in [5.41, 5.74) is 3.80. The Morgan fingerprint density at radius 2 is 1.14 bits per heavy atom. The molecule has 176 valence electrons. The van der Waals surface area contributed by atoms with Crippen LogP contribution in [0.3, 0.4) is 0 Å². The maximum Gasteiger partial charge on any atom is 0.494 e. The van der Waals surface area contributed by atoms with Crippen molar-refractivity contribution in [3.8, 4) is 5.69 Å². The van der Waals surface area contributed by atoms with Gasteiger partial charge in [-0.1, -0.05) is 78.9 Å². The van der Waals surface area contributed by atoms with Crippen molar-refractivity contribution in [3.05, 3.63) is 97.1 Å². The third-order valence-electron chi connectivity index (χ3n) is 8.20. The predicted molar refractivity (Wildman–Crippen MR) is 152 cm³/mol. The maximum atomic E-state index is 6.43. The van der Waals surface area contributed by atoms with Crippen LogP contribution in [0.1, 0.15) is 27.7 Å². The van der Waals surface area contributed by atoms with E-state index in [2.05, 4.69) is 129 Å². The number of aromatic nitrogens is 1. The minimum absolute atomic E-state index is 0.384. The Kier molecular flexibility index (Phi) is 4.49. The van der Waals surface area contributed by atoms with Gasteiger partial charge in [0.25, 0.3) is 0 Å². The first-order valence-corrected chi connectivity index (χ1v) is 12.6. The molecule has 7 rings (SSSR count). The van der Waals surface area contributed by atoms with Crippen LogP contribution in [-0.2, 0) is 9.31 Å². The average Bonchev–Trinajstić information content (AvgIpc) is 3.34. The fourth-order valence-corrected chi connectivity index (χ4v) is 5.66. The molecule has 1 saturated heterocycles. The highest BCUT2D eigenvalue weighted by Gasteiger charge is 2.51. The van der Waals surface area contributed by atoms with E-state index in [4.69, 9.17) is 9.31 Å². The summed E-state index contributed by atoms with van der Waals surface area (Å²) in [4.78, 5) is 0. The van der Waals surface area contributed by atoms with Crippen molar-refractivity contribution in [1.29, 1.82) is 0 Å². The summed E-state index contributed by atoms with van der Waals surface area (Å²) in [5.74, 6) is 0. The Hall–Kier alpha value is -3.60. The van der Waals surface area contributed by atoms with Crippen LogP contribution in [0.4, 0.5) is 0 Å². The lowest BCUT2D eigenvalue weighted by Gasteiger charge is -2.32. The number of benzene rings is 5. The number of hydrogen-bond donors (Lipinski definition) is 0. The average molecular weight is 469 g/mol. The van der Waals surface area contributed by atoms with E-state index in [1.165, 1.54) is 37.8 Å². The molecule has 1 fully saturated rings. The van der Waals surface area contributed by atoms with Gasteiger partial charge in [0.1, 0.15) is 0 Å². The van der Waals surface area contributed by atoms with E-state index in [1.54, 1.807) is 0 Å². The van der Waals surface area contributed by atoms with Crippen molar-refractivity contribution in [2.45, 2.75) is 38.9 Å². The first kappa shape index (κ1) is 21.7. The standard InChI is InChI=1S/C32H28BNO2/c1-31(2)32(3,4)36-33(35-31)21-18-19-27-28(20-21)34(22-12-6-5-7-13-22)30-26-17-11-9-15-24(26)23-14-8-10-16-25(23)29(27)30/h5-20H,1-4H3. The van der Waals surface area contributed by atoms with Gasteiger partial charge in [-0.25, -0.2) is 0 Å². The van der Waals surface area contributed by atoms with E-state index < -0.39 is 7.12 Å². The Morgan fingerprint density at radius 3 is 1.81 bits per heavy atom. The monoisotopic (exact) mass is 469 g/mol. The Bertz CT molecular complexity index is 1780. The first-order chi connectivity index (χ1) is 17.4. The van der Waals surface area contributed by atoms with E-state index in [9.17, 15) is 0 Å². The number of hydrogen-bond acceptors (Lipinski definition) is 2. The SMILES string of the molecule is CC1(C)OB(c2ccc3c4c5ccccc5c5ccccc5c4n(-c4ccccc4)c3c2)OC1(C)C. The summed E-state index contributed by atoms with van der Waals surface area (Å²) in [6.45, 7) is 8.41. The molecule has 1 aliphatic heterocycles. The molecule has 3 nitrogen and oxygen atoms in total. The molecule has 0 unspecified atom stereocenters. The van der Waals surface area contributed by atoms with Gasteiger partial charge in [-0.3, -0.25) is 0 Å². The van der Waals surface area contributed by atoms with Crippen LogP contribution in [0.25, 0.3) is 49.0 Å². The number of nitrogens with zero attached hydrogens (tertiary/aromatic N) is 1. The maximum absolute atomic E-state index is 6.43. The molecule has 1 aliphatic rings. The molecule has 0 atom stereocenters. The Morgan fingerprint density at radius 1 is 0.583 bits per heavy atom. The molecule has 4 heteroatoms. The molecule has 0 radical (unpaired) electrons. The molecule has 0 N–H and O–H groups in total. The van der Waals surface area contributed by atoms with Gasteiger partial charge in [0.15, 0.2) is 0 Å². The molecule has 2 heterocycles. The third kappa shape index (κ3) is 2.95. The number of rotatable bonds is 2. The summed E-state index contributed by atoms with van der Waals surface area (Å²) in [6, 6.07) is 34.8. The van der Waals surface area contributed by atoms with Gasteiger partial charge in [0, 0.05) is 21.8 Å². The first-order valence-electron chi connectivity index (χ1n) is 12.6. The molecule has 36 heavy (non-hydrogen) atoms. The lowest BCUT2D eigenvalue weighted by molar-refractivity contribution is 0.00578. The summed E-state index contributed by atoms with van der Waals surface area (Å²) in [5, 5.41) is 7.59. The van der Waals surface area contributed by atoms with Gasteiger partial charge in [0.05, 0.1) is 22.2 Å². The molecule has 6 aromatic rings. The van der Waals surface area contributed by atoms with Gasteiger partial charge >= 0.3 is 7.12 Å². The highest BCUT2D eigenvalue weighted by atomic mass is 16.7. The van der Waals surface area contributed by atoms with Crippen molar-refractivity contribution in [3.63, 3.8) is 0 Å². The van der Waals surface area contributed by atoms with E-state index >= 15 is 0 Å². The molecular formula is C32H28BNO2. The smallest absolute Gasteiger partial charge is 0.399 e. The molecule has 0 saturated carbocycles. The normalized spacial score (nSPS) is 17.1. The molecule has 0 bridgehead atoms. The van der Waals surface area contributed by atoms with Crippen LogP contribution in [0.2, 0.25) is 0 Å². The van der Waals surface area contributed by atoms with Gasteiger partial charge in [-0.2, -0.15) is 0 Å². The van der Waals surface area contributed by atoms with E-state index in [0.29, 0.717) is 0 Å². The van der Waals surface area contributed by atoms with Crippen molar-refractivity contribution in [2.75, 3.05) is 0 Å². The van der Waals surface area contributed by atoms with Crippen LogP contribution in [0.15, 0.2) is 97.1 Å². The second-order valence-corrected chi connectivity index (χ2v) is 10.9. The summed E-state index contributed by atoms with van der Waals surface area (Å²) in [6.07, 6.45) is 0. The molecule has 0 spiro atoms. The zero-order chi connectivity index (χ0) is 24.7. The van der Waals surface area contributed by atoms with Crippen molar-refractivity contribution in [2.24, 2.45) is 0 Å². The number of para-hydroxylation sites is 1.